The second-order valence-electron chi connectivity index (χ2n) is 6.91. The first-order valence-corrected chi connectivity index (χ1v) is 9.82. The average molecular weight is 393 g/mol. The van der Waals surface area contributed by atoms with Crippen LogP contribution in [0.4, 0.5) is 5.69 Å². The van der Waals surface area contributed by atoms with Crippen LogP contribution in [0.25, 0.3) is 0 Å². The van der Waals surface area contributed by atoms with Gasteiger partial charge in [-0.05, 0) is 35.9 Å². The molecule has 0 spiro atoms. The zero-order valence-corrected chi connectivity index (χ0v) is 16.7. The summed E-state index contributed by atoms with van der Waals surface area (Å²) in [5, 5.41) is 2.05. The molecule has 1 aromatic heterocycles. The molecule has 2 aliphatic rings. The van der Waals surface area contributed by atoms with Crippen molar-refractivity contribution in [3.8, 4) is 5.75 Å². The Morgan fingerprint density at radius 3 is 2.65 bits per heavy atom. The fourth-order valence-electron chi connectivity index (χ4n) is 4.01. The standard InChI is InChI=1S/C20H24N2O2S.ClH/c1-24-19-5-3-2-4-17(19)22-9-7-21(8-10-22)14-15-12-18(23)16-6-11-25-20(16)13-15;/h2-6,11,15H,7-10,12-14H2,1H3;1H. The molecule has 1 saturated heterocycles. The summed E-state index contributed by atoms with van der Waals surface area (Å²) >= 11 is 1.74. The van der Waals surface area contributed by atoms with Crippen molar-refractivity contribution in [1.29, 1.82) is 0 Å². The molecule has 0 N–H and O–H groups in total. The lowest BCUT2D eigenvalue weighted by Crippen LogP contribution is -2.48. The molecule has 4 rings (SSSR count). The number of methoxy groups -OCH3 is 1. The maximum atomic E-state index is 12.3. The van der Waals surface area contributed by atoms with E-state index in [9.17, 15) is 4.79 Å². The fraction of sp³-hybridized carbons (Fsp3) is 0.450. The molecule has 0 bridgehead atoms. The van der Waals surface area contributed by atoms with Gasteiger partial charge in [-0.15, -0.1) is 23.7 Å². The van der Waals surface area contributed by atoms with E-state index in [1.54, 1.807) is 18.4 Å². The highest BCUT2D eigenvalue weighted by Gasteiger charge is 2.28. The summed E-state index contributed by atoms with van der Waals surface area (Å²) in [7, 11) is 1.73. The molecule has 0 saturated carbocycles. The Balaban J connectivity index is 0.00000196. The molecule has 4 nitrogen and oxygen atoms in total. The smallest absolute Gasteiger partial charge is 0.164 e. The third-order valence-electron chi connectivity index (χ3n) is 5.31. The van der Waals surface area contributed by atoms with E-state index in [1.807, 2.05) is 18.2 Å². The molecule has 0 radical (unpaired) electrons. The van der Waals surface area contributed by atoms with Crippen LogP contribution in [0.2, 0.25) is 0 Å². The Bertz CT molecular complexity index is 756. The molecule has 1 atom stereocenters. The van der Waals surface area contributed by atoms with E-state index >= 15 is 0 Å². The Morgan fingerprint density at radius 2 is 1.88 bits per heavy atom. The summed E-state index contributed by atoms with van der Waals surface area (Å²) in [5.74, 6) is 1.75. The summed E-state index contributed by atoms with van der Waals surface area (Å²) in [6.45, 7) is 5.12. The van der Waals surface area contributed by atoms with Gasteiger partial charge in [0.25, 0.3) is 0 Å². The van der Waals surface area contributed by atoms with Crippen molar-refractivity contribution in [1.82, 2.24) is 4.90 Å². The normalized spacial score (nSPS) is 20.4. The summed E-state index contributed by atoms with van der Waals surface area (Å²) in [5.41, 5.74) is 2.16. The fourth-order valence-corrected chi connectivity index (χ4v) is 5.02. The molecule has 6 heteroatoms. The Hall–Kier alpha value is -1.56. The first-order chi connectivity index (χ1) is 12.2. The van der Waals surface area contributed by atoms with Crippen molar-refractivity contribution in [2.24, 2.45) is 5.92 Å². The quantitative estimate of drug-likeness (QED) is 0.793. The lowest BCUT2D eigenvalue weighted by atomic mass is 9.87. The van der Waals surface area contributed by atoms with E-state index in [1.165, 1.54) is 10.6 Å². The maximum absolute atomic E-state index is 12.3. The van der Waals surface area contributed by atoms with Crippen LogP contribution in [0.5, 0.6) is 5.75 Å². The number of ketones is 1. The number of anilines is 1. The van der Waals surface area contributed by atoms with Gasteiger partial charge in [-0.1, -0.05) is 12.1 Å². The van der Waals surface area contributed by atoms with E-state index in [0.717, 1.165) is 50.5 Å². The van der Waals surface area contributed by atoms with E-state index in [4.69, 9.17) is 4.74 Å². The van der Waals surface area contributed by atoms with Gasteiger partial charge in [-0.25, -0.2) is 0 Å². The van der Waals surface area contributed by atoms with Crippen molar-refractivity contribution in [3.63, 3.8) is 0 Å². The van der Waals surface area contributed by atoms with E-state index in [2.05, 4.69) is 27.3 Å². The molecule has 1 aliphatic heterocycles. The lowest BCUT2D eigenvalue weighted by Gasteiger charge is -2.38. The van der Waals surface area contributed by atoms with Crippen LogP contribution in [-0.4, -0.2) is 50.5 Å². The number of para-hydroxylation sites is 2. The molecule has 2 aromatic rings. The number of piperazine rings is 1. The molecule has 1 unspecified atom stereocenters. The molecular formula is C20H25ClN2O2S. The Morgan fingerprint density at radius 1 is 1.12 bits per heavy atom. The number of thiophene rings is 1. The molecule has 2 heterocycles. The summed E-state index contributed by atoms with van der Waals surface area (Å²) in [4.78, 5) is 18.5. The highest BCUT2D eigenvalue weighted by Crippen LogP contribution is 2.31. The lowest BCUT2D eigenvalue weighted by molar-refractivity contribution is 0.0930. The SMILES string of the molecule is COc1ccccc1N1CCN(CC2CC(=O)c3ccsc3C2)CC1.Cl. The number of nitrogens with zero attached hydrogens (tertiary/aromatic N) is 2. The van der Waals surface area contributed by atoms with Crippen LogP contribution in [0.15, 0.2) is 35.7 Å². The van der Waals surface area contributed by atoms with Crippen molar-refractivity contribution in [2.45, 2.75) is 12.8 Å². The highest BCUT2D eigenvalue weighted by molar-refractivity contribution is 7.10. The average Bonchev–Trinajstić information content (AvgIpc) is 3.11. The van der Waals surface area contributed by atoms with Gasteiger partial charge in [-0.2, -0.15) is 0 Å². The number of carbonyl (C=O) groups excluding carboxylic acids is 1. The number of ether oxygens (including phenoxy) is 1. The van der Waals surface area contributed by atoms with Gasteiger partial charge in [0.15, 0.2) is 5.78 Å². The summed E-state index contributed by atoms with van der Waals surface area (Å²) in [6.07, 6.45) is 1.77. The maximum Gasteiger partial charge on any atom is 0.164 e. The second-order valence-corrected chi connectivity index (χ2v) is 7.92. The van der Waals surface area contributed by atoms with E-state index in [0.29, 0.717) is 18.1 Å². The minimum absolute atomic E-state index is 0. The van der Waals surface area contributed by atoms with Crippen LogP contribution >= 0.6 is 23.7 Å². The summed E-state index contributed by atoms with van der Waals surface area (Å²) in [6, 6.07) is 10.2. The van der Waals surface area contributed by atoms with Gasteiger partial charge in [-0.3, -0.25) is 9.69 Å². The minimum atomic E-state index is 0. The summed E-state index contributed by atoms with van der Waals surface area (Å²) < 4.78 is 5.49. The Kier molecular flexibility index (Phi) is 6.22. The second kappa shape index (κ2) is 8.42. The van der Waals surface area contributed by atoms with Crippen LogP contribution in [0, 0.1) is 5.92 Å². The number of fused-ring (bicyclic) bond motifs is 1. The van der Waals surface area contributed by atoms with Crippen molar-refractivity contribution in [2.75, 3.05) is 44.7 Å². The van der Waals surface area contributed by atoms with Gasteiger partial charge in [0.05, 0.1) is 12.8 Å². The predicted octanol–water partition coefficient (Wildman–Crippen LogP) is 3.75. The number of benzene rings is 1. The minimum Gasteiger partial charge on any atom is -0.495 e. The zero-order valence-electron chi connectivity index (χ0n) is 15.0. The van der Waals surface area contributed by atoms with Crippen LogP contribution < -0.4 is 9.64 Å². The topological polar surface area (TPSA) is 32.8 Å². The van der Waals surface area contributed by atoms with Crippen molar-refractivity contribution >= 4 is 35.2 Å². The monoisotopic (exact) mass is 392 g/mol. The molecule has 26 heavy (non-hydrogen) atoms. The first-order valence-electron chi connectivity index (χ1n) is 8.94. The molecule has 0 amide bonds. The number of Topliss-reactive ketones (excluding diaryl/α,β-unsaturated/α-hetero) is 1. The number of rotatable bonds is 4. The molecule has 1 aromatic carbocycles. The first kappa shape index (κ1) is 19.2. The molecule has 140 valence electrons. The largest absolute Gasteiger partial charge is 0.495 e. The zero-order chi connectivity index (χ0) is 17.2. The van der Waals surface area contributed by atoms with Crippen molar-refractivity contribution in [3.05, 3.63) is 46.2 Å². The van der Waals surface area contributed by atoms with Gasteiger partial charge in [0.1, 0.15) is 5.75 Å². The van der Waals surface area contributed by atoms with Gasteiger partial charge in [0, 0.05) is 49.6 Å². The Labute approximate surface area is 165 Å². The molecule has 1 aliphatic carbocycles. The van der Waals surface area contributed by atoms with Crippen LogP contribution in [0.3, 0.4) is 0 Å². The van der Waals surface area contributed by atoms with Gasteiger partial charge >= 0.3 is 0 Å². The molecule has 1 fully saturated rings. The van der Waals surface area contributed by atoms with Crippen LogP contribution in [-0.2, 0) is 6.42 Å². The third kappa shape index (κ3) is 3.90. The number of halogens is 1. The van der Waals surface area contributed by atoms with Crippen molar-refractivity contribution < 1.29 is 9.53 Å². The van der Waals surface area contributed by atoms with Crippen LogP contribution in [0.1, 0.15) is 21.7 Å². The third-order valence-corrected chi connectivity index (χ3v) is 6.25. The number of hydrogen-bond acceptors (Lipinski definition) is 5. The van der Waals surface area contributed by atoms with E-state index < -0.39 is 0 Å². The highest BCUT2D eigenvalue weighted by atomic mass is 35.5. The van der Waals surface area contributed by atoms with Gasteiger partial charge in [0.2, 0.25) is 0 Å². The van der Waals surface area contributed by atoms with Gasteiger partial charge < -0.3 is 9.64 Å². The molecular weight excluding hydrogens is 368 g/mol. The van der Waals surface area contributed by atoms with E-state index in [-0.39, 0.29) is 12.4 Å². The number of hydrogen-bond donors (Lipinski definition) is 0. The number of carbonyl (C=O) groups is 1. The predicted molar refractivity (Wildman–Crippen MR) is 109 cm³/mol.